The van der Waals surface area contributed by atoms with Crippen molar-refractivity contribution in [3.05, 3.63) is 71.8 Å². The van der Waals surface area contributed by atoms with Crippen molar-refractivity contribution in [1.82, 2.24) is 30.2 Å². The van der Waals surface area contributed by atoms with Crippen LogP contribution in [0.1, 0.15) is 16.8 Å². The maximum atomic E-state index is 5.65. The number of nitrogens with zero attached hydrogens (tertiary/aromatic N) is 6. The van der Waals surface area contributed by atoms with E-state index >= 15 is 0 Å². The quantitative estimate of drug-likeness (QED) is 0.485. The molecule has 0 spiro atoms. The Morgan fingerprint density at radius 1 is 1.08 bits per heavy atom. The third-order valence-electron chi connectivity index (χ3n) is 3.71. The van der Waals surface area contributed by atoms with Gasteiger partial charge in [0.2, 0.25) is 5.89 Å². The molecule has 4 aromatic rings. The minimum absolute atomic E-state index is 0.462. The Morgan fingerprint density at radius 2 is 1.96 bits per heavy atom. The van der Waals surface area contributed by atoms with E-state index in [2.05, 4.69) is 56.7 Å². The molecule has 0 saturated heterocycles. The van der Waals surface area contributed by atoms with Gasteiger partial charge in [0.25, 0.3) is 5.22 Å². The van der Waals surface area contributed by atoms with Gasteiger partial charge in [0.15, 0.2) is 0 Å². The van der Waals surface area contributed by atoms with Gasteiger partial charge in [-0.05, 0) is 24.6 Å². The summed E-state index contributed by atoms with van der Waals surface area (Å²) in [5, 5.41) is 17.0. The zero-order chi connectivity index (χ0) is 17.8. The molecule has 0 aliphatic heterocycles. The van der Waals surface area contributed by atoms with E-state index in [4.69, 9.17) is 4.42 Å². The summed E-state index contributed by atoms with van der Waals surface area (Å²) in [4.78, 5) is 4.05. The molecule has 0 N–H and O–H groups in total. The Kier molecular flexibility index (Phi) is 4.74. The lowest BCUT2D eigenvalue weighted by Crippen LogP contribution is -2.00. The number of rotatable bonds is 6. The Labute approximate surface area is 154 Å². The summed E-state index contributed by atoms with van der Waals surface area (Å²) < 4.78 is 7.48. The van der Waals surface area contributed by atoms with Crippen molar-refractivity contribution in [3.8, 4) is 11.5 Å². The van der Waals surface area contributed by atoms with E-state index < -0.39 is 0 Å². The summed E-state index contributed by atoms with van der Waals surface area (Å²) in [7, 11) is 0. The molecule has 1 aromatic carbocycles. The van der Waals surface area contributed by atoms with Crippen LogP contribution in [-0.2, 0) is 12.3 Å². The number of aromatic nitrogens is 6. The largest absolute Gasteiger partial charge is 0.411 e. The summed E-state index contributed by atoms with van der Waals surface area (Å²) >= 11 is 1.43. The first-order valence-corrected chi connectivity index (χ1v) is 9.06. The normalized spacial score (nSPS) is 11.0. The molecular formula is C18H16N6OS. The summed E-state index contributed by atoms with van der Waals surface area (Å²) in [6.45, 7) is 2.77. The van der Waals surface area contributed by atoms with Crippen LogP contribution in [0.5, 0.6) is 0 Å². The van der Waals surface area contributed by atoms with Crippen molar-refractivity contribution >= 4 is 11.8 Å². The van der Waals surface area contributed by atoms with Gasteiger partial charge in [0.1, 0.15) is 0 Å². The highest BCUT2D eigenvalue weighted by Gasteiger charge is 2.10. The highest BCUT2D eigenvalue weighted by molar-refractivity contribution is 7.98. The molecule has 0 fully saturated rings. The molecule has 0 aliphatic carbocycles. The first-order chi connectivity index (χ1) is 12.8. The Hall–Kier alpha value is -3.00. The lowest BCUT2D eigenvalue weighted by Gasteiger charge is -2.01. The van der Waals surface area contributed by atoms with Gasteiger partial charge in [-0.25, -0.2) is 4.68 Å². The molecule has 0 amide bonds. The predicted octanol–water partition coefficient (Wildman–Crippen LogP) is 3.37. The van der Waals surface area contributed by atoms with Gasteiger partial charge in [0, 0.05) is 24.3 Å². The first-order valence-electron chi connectivity index (χ1n) is 8.07. The highest BCUT2D eigenvalue weighted by atomic mass is 32.2. The van der Waals surface area contributed by atoms with Gasteiger partial charge in [-0.1, -0.05) is 46.8 Å². The fourth-order valence-electron chi connectivity index (χ4n) is 2.37. The maximum absolute atomic E-state index is 5.65. The van der Waals surface area contributed by atoms with Crippen LogP contribution < -0.4 is 0 Å². The van der Waals surface area contributed by atoms with Crippen LogP contribution in [0.4, 0.5) is 0 Å². The third kappa shape index (κ3) is 3.97. The summed E-state index contributed by atoms with van der Waals surface area (Å²) in [6.07, 6.45) is 5.33. The van der Waals surface area contributed by atoms with Crippen molar-refractivity contribution in [2.24, 2.45) is 0 Å². The van der Waals surface area contributed by atoms with Gasteiger partial charge in [-0.3, -0.25) is 4.98 Å². The SMILES string of the molecule is Cc1ccc(Cn2cc(CSc3nnc(-c4cccnc4)o3)nn2)cc1. The fourth-order valence-corrected chi connectivity index (χ4v) is 3.01. The maximum Gasteiger partial charge on any atom is 0.277 e. The van der Waals surface area contributed by atoms with E-state index in [1.54, 1.807) is 12.4 Å². The molecule has 0 bridgehead atoms. The molecule has 3 heterocycles. The first kappa shape index (κ1) is 16.5. The predicted molar refractivity (Wildman–Crippen MR) is 97.4 cm³/mol. The van der Waals surface area contributed by atoms with Crippen molar-refractivity contribution in [1.29, 1.82) is 0 Å². The smallest absolute Gasteiger partial charge is 0.277 e. The average Bonchev–Trinajstić information content (AvgIpc) is 3.32. The zero-order valence-electron chi connectivity index (χ0n) is 14.1. The third-order valence-corrected chi connectivity index (χ3v) is 4.56. The molecule has 0 radical (unpaired) electrons. The molecule has 0 atom stereocenters. The summed E-state index contributed by atoms with van der Waals surface area (Å²) in [5.41, 5.74) is 4.10. The van der Waals surface area contributed by atoms with Crippen LogP contribution in [0, 0.1) is 6.92 Å². The number of hydrogen-bond donors (Lipinski definition) is 0. The second-order valence-corrected chi connectivity index (χ2v) is 6.72. The molecule has 4 rings (SSSR count). The number of hydrogen-bond acceptors (Lipinski definition) is 7. The Morgan fingerprint density at radius 3 is 2.77 bits per heavy atom. The molecule has 130 valence electrons. The van der Waals surface area contributed by atoms with E-state index in [9.17, 15) is 0 Å². The fraction of sp³-hybridized carbons (Fsp3) is 0.167. The van der Waals surface area contributed by atoms with Crippen LogP contribution in [0.2, 0.25) is 0 Å². The van der Waals surface area contributed by atoms with Gasteiger partial charge in [-0.2, -0.15) is 0 Å². The highest BCUT2D eigenvalue weighted by Crippen LogP contribution is 2.24. The minimum Gasteiger partial charge on any atom is -0.411 e. The monoisotopic (exact) mass is 364 g/mol. The van der Waals surface area contributed by atoms with E-state index in [0.717, 1.165) is 11.3 Å². The van der Waals surface area contributed by atoms with E-state index in [1.807, 2.05) is 23.0 Å². The van der Waals surface area contributed by atoms with E-state index in [-0.39, 0.29) is 0 Å². The molecule has 0 aliphatic rings. The minimum atomic E-state index is 0.462. The second-order valence-electron chi connectivity index (χ2n) is 5.80. The molecule has 26 heavy (non-hydrogen) atoms. The van der Waals surface area contributed by atoms with Crippen LogP contribution in [0.25, 0.3) is 11.5 Å². The molecule has 3 aromatic heterocycles. The van der Waals surface area contributed by atoms with Crippen molar-refractivity contribution in [3.63, 3.8) is 0 Å². The lowest BCUT2D eigenvalue weighted by molar-refractivity contribution is 0.465. The zero-order valence-corrected chi connectivity index (χ0v) is 14.9. The van der Waals surface area contributed by atoms with Crippen LogP contribution >= 0.6 is 11.8 Å². The van der Waals surface area contributed by atoms with Crippen molar-refractivity contribution in [2.75, 3.05) is 0 Å². The molecule has 0 unspecified atom stereocenters. The molecular weight excluding hydrogens is 348 g/mol. The summed E-state index contributed by atoms with van der Waals surface area (Å²) in [5.74, 6) is 1.08. The number of aryl methyl sites for hydroxylation is 1. The number of pyridine rings is 1. The average molecular weight is 364 g/mol. The standard InChI is InChI=1S/C18H16N6OS/c1-13-4-6-14(7-5-13)10-24-11-16(20-23-24)12-26-18-22-21-17(25-18)15-3-2-8-19-9-15/h2-9,11H,10,12H2,1H3. The molecule has 7 nitrogen and oxygen atoms in total. The Bertz CT molecular complexity index is 980. The van der Waals surface area contributed by atoms with Gasteiger partial charge in [0.05, 0.1) is 17.8 Å². The topological polar surface area (TPSA) is 82.5 Å². The second kappa shape index (κ2) is 7.49. The van der Waals surface area contributed by atoms with E-state index in [1.165, 1.54) is 22.9 Å². The van der Waals surface area contributed by atoms with Crippen LogP contribution in [0.15, 0.2) is 64.6 Å². The van der Waals surface area contributed by atoms with Crippen LogP contribution in [-0.4, -0.2) is 30.2 Å². The van der Waals surface area contributed by atoms with Gasteiger partial charge < -0.3 is 4.42 Å². The lowest BCUT2D eigenvalue weighted by atomic mass is 10.1. The van der Waals surface area contributed by atoms with Crippen LogP contribution in [0.3, 0.4) is 0 Å². The molecule has 8 heteroatoms. The van der Waals surface area contributed by atoms with E-state index in [0.29, 0.717) is 23.4 Å². The molecule has 0 saturated carbocycles. The van der Waals surface area contributed by atoms with Crippen molar-refractivity contribution < 1.29 is 4.42 Å². The van der Waals surface area contributed by atoms with Crippen molar-refractivity contribution in [2.45, 2.75) is 24.4 Å². The van der Waals surface area contributed by atoms with Gasteiger partial charge in [-0.15, -0.1) is 15.3 Å². The number of thioether (sulfide) groups is 1. The Balaban J connectivity index is 1.36. The number of benzene rings is 1. The van der Waals surface area contributed by atoms with Gasteiger partial charge >= 0.3 is 0 Å². The summed E-state index contributed by atoms with van der Waals surface area (Å²) in [6, 6.07) is 12.1.